The third-order valence-corrected chi connectivity index (χ3v) is 8.17. The Morgan fingerprint density at radius 2 is 1.86 bits per heavy atom. The molecule has 1 aromatic carbocycles. The molecule has 3 heterocycles. The predicted molar refractivity (Wildman–Crippen MR) is 150 cm³/mol. The number of aromatic nitrogens is 1. The van der Waals surface area contributed by atoms with Crippen LogP contribution in [0.15, 0.2) is 27.9 Å². The number of thiocarbonyl (C=S) groups is 1. The molecular formula is C27H30N4O4S2. The fourth-order valence-electron chi connectivity index (χ4n) is 4.81. The van der Waals surface area contributed by atoms with Crippen molar-refractivity contribution in [2.24, 2.45) is 0 Å². The average Bonchev–Trinajstić information content (AvgIpc) is 3.52. The van der Waals surface area contributed by atoms with Gasteiger partial charge in [0.15, 0.2) is 11.5 Å². The summed E-state index contributed by atoms with van der Waals surface area (Å²) in [6.07, 6.45) is 4.48. The number of nitriles is 1. The zero-order valence-electron chi connectivity index (χ0n) is 21.5. The summed E-state index contributed by atoms with van der Waals surface area (Å²) in [4.78, 5) is 30.8. The van der Waals surface area contributed by atoms with Crippen molar-refractivity contribution in [3.63, 3.8) is 0 Å². The molecule has 0 N–H and O–H groups in total. The van der Waals surface area contributed by atoms with Crippen LogP contribution in [0.5, 0.6) is 11.5 Å². The van der Waals surface area contributed by atoms with Gasteiger partial charge in [-0.2, -0.15) is 5.26 Å². The number of hydrogen-bond acceptors (Lipinski definition) is 8. The van der Waals surface area contributed by atoms with Crippen LogP contribution in [0.4, 0.5) is 5.82 Å². The van der Waals surface area contributed by atoms with Crippen molar-refractivity contribution >= 4 is 46.1 Å². The van der Waals surface area contributed by atoms with E-state index < -0.39 is 0 Å². The second kappa shape index (κ2) is 11.4. The lowest BCUT2D eigenvalue weighted by molar-refractivity contribution is -0.122. The van der Waals surface area contributed by atoms with Crippen LogP contribution in [0.2, 0.25) is 0 Å². The van der Waals surface area contributed by atoms with Crippen LogP contribution >= 0.6 is 24.0 Å². The Morgan fingerprint density at radius 1 is 1.16 bits per heavy atom. The average molecular weight is 539 g/mol. The molecule has 0 unspecified atom stereocenters. The van der Waals surface area contributed by atoms with Gasteiger partial charge in [-0.3, -0.25) is 19.1 Å². The second-order valence-corrected chi connectivity index (χ2v) is 10.5. The summed E-state index contributed by atoms with van der Waals surface area (Å²) >= 11 is 6.82. The number of anilines is 1. The highest BCUT2D eigenvalue weighted by atomic mass is 32.2. The molecule has 2 aromatic rings. The summed E-state index contributed by atoms with van der Waals surface area (Å²) in [6.45, 7) is 6.20. The molecule has 2 aliphatic heterocycles. The highest BCUT2D eigenvalue weighted by molar-refractivity contribution is 8.26. The highest BCUT2D eigenvalue weighted by Crippen LogP contribution is 2.37. The van der Waals surface area contributed by atoms with E-state index in [-0.39, 0.29) is 17.0 Å². The lowest BCUT2D eigenvalue weighted by Crippen LogP contribution is -2.33. The van der Waals surface area contributed by atoms with E-state index in [0.29, 0.717) is 45.8 Å². The Labute approximate surface area is 226 Å². The van der Waals surface area contributed by atoms with E-state index in [0.717, 1.165) is 42.9 Å². The van der Waals surface area contributed by atoms with Gasteiger partial charge >= 0.3 is 0 Å². The number of ether oxygens (including phenoxy) is 2. The lowest BCUT2D eigenvalue weighted by Gasteiger charge is -2.26. The van der Waals surface area contributed by atoms with Crippen LogP contribution in [0.1, 0.15) is 42.0 Å². The van der Waals surface area contributed by atoms with Gasteiger partial charge in [0.2, 0.25) is 0 Å². The summed E-state index contributed by atoms with van der Waals surface area (Å²) in [5.74, 6) is 1.88. The van der Waals surface area contributed by atoms with E-state index in [1.165, 1.54) is 11.8 Å². The minimum atomic E-state index is -0.288. The Bertz CT molecular complexity index is 1370. The molecule has 0 saturated carbocycles. The van der Waals surface area contributed by atoms with Gasteiger partial charge in [-0.15, -0.1) is 0 Å². The van der Waals surface area contributed by atoms with Crippen molar-refractivity contribution < 1.29 is 14.3 Å². The first-order valence-electron chi connectivity index (χ1n) is 12.2. The number of carbonyl (C=O) groups is 1. The molecule has 2 aliphatic rings. The van der Waals surface area contributed by atoms with E-state index in [1.54, 1.807) is 30.6 Å². The number of amides is 1. The van der Waals surface area contributed by atoms with Crippen molar-refractivity contribution in [1.29, 1.82) is 5.26 Å². The minimum Gasteiger partial charge on any atom is -0.493 e. The minimum absolute atomic E-state index is 0.111. The predicted octanol–water partition coefficient (Wildman–Crippen LogP) is 4.11. The summed E-state index contributed by atoms with van der Waals surface area (Å²) < 4.78 is 12.8. The van der Waals surface area contributed by atoms with Crippen molar-refractivity contribution in [2.75, 3.05) is 38.8 Å². The fourth-order valence-corrected chi connectivity index (χ4v) is 6.10. The number of carbonyl (C=O) groups excluding carboxylic acids is 1. The zero-order chi connectivity index (χ0) is 26.7. The van der Waals surface area contributed by atoms with E-state index >= 15 is 0 Å². The van der Waals surface area contributed by atoms with Crippen LogP contribution in [-0.4, -0.2) is 53.5 Å². The first kappa shape index (κ1) is 26.8. The topological polar surface area (TPSA) is 87.8 Å². The van der Waals surface area contributed by atoms with Gasteiger partial charge in [0.25, 0.3) is 11.5 Å². The Hall–Kier alpha value is -3.29. The Morgan fingerprint density at radius 3 is 2.49 bits per heavy atom. The number of nitrogens with zero attached hydrogens (tertiary/aromatic N) is 4. The smallest absolute Gasteiger partial charge is 0.270 e. The molecule has 1 amide bonds. The summed E-state index contributed by atoms with van der Waals surface area (Å²) in [5.41, 5.74) is 2.15. The van der Waals surface area contributed by atoms with Gasteiger partial charge in [-0.1, -0.05) is 30.0 Å². The van der Waals surface area contributed by atoms with Crippen molar-refractivity contribution in [1.82, 2.24) is 9.47 Å². The molecule has 1 aromatic heterocycles. The van der Waals surface area contributed by atoms with Crippen molar-refractivity contribution in [2.45, 2.75) is 39.7 Å². The van der Waals surface area contributed by atoms with Gasteiger partial charge in [0, 0.05) is 31.7 Å². The standard InChI is InChI=1S/C27H30N4O4S2/c1-5-30-24(29-11-6-7-12-29)19(17(2)20(16-28)25(30)32)15-23-26(33)31(27(36)37-23)13-10-18-8-9-21(34-3)22(14-18)35-4/h8-9,14-15H,5-7,10-13H2,1-4H3/b23-15-. The number of rotatable bonds is 8. The van der Waals surface area contributed by atoms with Gasteiger partial charge in [0.05, 0.1) is 19.1 Å². The summed E-state index contributed by atoms with van der Waals surface area (Å²) in [6, 6.07) is 7.76. The molecule has 37 heavy (non-hydrogen) atoms. The molecular weight excluding hydrogens is 508 g/mol. The normalized spacial score (nSPS) is 16.6. The van der Waals surface area contributed by atoms with Crippen LogP contribution in [0.3, 0.4) is 0 Å². The Kier molecular flexibility index (Phi) is 8.25. The number of hydrogen-bond donors (Lipinski definition) is 0. The van der Waals surface area contributed by atoms with Gasteiger partial charge in [-0.05, 0) is 62.4 Å². The maximum absolute atomic E-state index is 13.4. The van der Waals surface area contributed by atoms with Gasteiger partial charge in [0.1, 0.15) is 21.8 Å². The molecule has 0 aliphatic carbocycles. The third-order valence-electron chi connectivity index (χ3n) is 6.79. The second-order valence-electron chi connectivity index (χ2n) is 8.87. The van der Waals surface area contributed by atoms with Crippen LogP contribution in [0, 0.1) is 18.3 Å². The van der Waals surface area contributed by atoms with Gasteiger partial charge < -0.3 is 14.4 Å². The maximum Gasteiger partial charge on any atom is 0.270 e. The lowest BCUT2D eigenvalue weighted by atomic mass is 10.0. The van der Waals surface area contributed by atoms with Crippen molar-refractivity contribution in [3.05, 3.63) is 55.7 Å². The highest BCUT2D eigenvalue weighted by Gasteiger charge is 2.33. The Balaban J connectivity index is 1.67. The number of thioether (sulfide) groups is 1. The zero-order valence-corrected chi connectivity index (χ0v) is 23.1. The molecule has 2 fully saturated rings. The quantitative estimate of drug-likeness (QED) is 0.367. The number of pyridine rings is 1. The molecule has 194 valence electrons. The molecule has 2 saturated heterocycles. The first-order chi connectivity index (χ1) is 17.8. The SMILES string of the molecule is CCn1c(N2CCCC2)c(/C=C2\SC(=S)N(CCc3ccc(OC)c(OC)c3)C2=O)c(C)c(C#N)c1=O. The maximum atomic E-state index is 13.4. The first-order valence-corrected chi connectivity index (χ1v) is 13.5. The molecule has 4 rings (SSSR count). The molecule has 10 heteroatoms. The monoisotopic (exact) mass is 538 g/mol. The summed E-state index contributed by atoms with van der Waals surface area (Å²) in [5, 5.41) is 9.73. The van der Waals surface area contributed by atoms with E-state index in [1.807, 2.05) is 31.2 Å². The number of benzene rings is 1. The van der Waals surface area contributed by atoms with Crippen LogP contribution < -0.4 is 19.9 Å². The van der Waals surface area contributed by atoms with Crippen LogP contribution in [-0.2, 0) is 17.8 Å². The third kappa shape index (κ3) is 5.11. The largest absolute Gasteiger partial charge is 0.493 e. The van der Waals surface area contributed by atoms with E-state index in [4.69, 9.17) is 21.7 Å². The molecule has 0 radical (unpaired) electrons. The van der Waals surface area contributed by atoms with E-state index in [2.05, 4.69) is 11.0 Å². The molecule has 8 nitrogen and oxygen atoms in total. The van der Waals surface area contributed by atoms with E-state index in [9.17, 15) is 14.9 Å². The van der Waals surface area contributed by atoms with Crippen molar-refractivity contribution in [3.8, 4) is 17.6 Å². The van der Waals surface area contributed by atoms with Crippen LogP contribution in [0.25, 0.3) is 6.08 Å². The summed E-state index contributed by atoms with van der Waals surface area (Å²) in [7, 11) is 3.18. The molecule has 0 bridgehead atoms. The fraction of sp³-hybridized carbons (Fsp3) is 0.407. The molecule has 0 spiro atoms. The molecule has 0 atom stereocenters. The van der Waals surface area contributed by atoms with Gasteiger partial charge in [-0.25, -0.2) is 0 Å². The number of methoxy groups -OCH3 is 2.